The number of nitrogens with zero attached hydrogens (tertiary/aromatic N) is 3. The molecule has 39 heavy (non-hydrogen) atoms. The first-order valence-corrected chi connectivity index (χ1v) is 14.2. The fourth-order valence-electron chi connectivity index (χ4n) is 4.98. The molecular weight excluding hydrogens is 533 g/mol. The van der Waals surface area contributed by atoms with Gasteiger partial charge in [0.15, 0.2) is 4.80 Å². The van der Waals surface area contributed by atoms with Crippen LogP contribution < -0.4 is 14.9 Å². The lowest BCUT2D eigenvalue weighted by Gasteiger charge is -2.23. The molecule has 0 saturated heterocycles. The summed E-state index contributed by atoms with van der Waals surface area (Å²) in [7, 11) is 0. The van der Waals surface area contributed by atoms with Crippen LogP contribution >= 0.6 is 22.7 Å². The number of allylic oxidation sites excluding steroid dienone is 1. The summed E-state index contributed by atoms with van der Waals surface area (Å²) < 4.78 is 23.9. The summed E-state index contributed by atoms with van der Waals surface area (Å²) in [5, 5.41) is 2.88. The van der Waals surface area contributed by atoms with Gasteiger partial charge in [-0.3, -0.25) is 9.36 Å². The number of thiophene rings is 1. The lowest BCUT2D eigenvalue weighted by atomic mass is 10.0. The van der Waals surface area contributed by atoms with Crippen LogP contribution in [0.2, 0.25) is 0 Å². The molecule has 9 heteroatoms. The van der Waals surface area contributed by atoms with Crippen molar-refractivity contribution in [1.82, 2.24) is 9.13 Å². The van der Waals surface area contributed by atoms with E-state index in [2.05, 4.69) is 4.99 Å². The molecule has 1 atom stereocenters. The molecule has 0 amide bonds. The van der Waals surface area contributed by atoms with E-state index in [9.17, 15) is 14.0 Å². The van der Waals surface area contributed by atoms with Crippen molar-refractivity contribution in [2.24, 2.45) is 4.99 Å². The summed E-state index contributed by atoms with van der Waals surface area (Å²) in [6.45, 7) is 4.13. The Hall–Kier alpha value is -4.08. The Labute approximate surface area is 231 Å². The number of fused-ring (bicyclic) bond motifs is 2. The summed E-state index contributed by atoms with van der Waals surface area (Å²) >= 11 is 2.77. The molecule has 196 valence electrons. The molecule has 0 radical (unpaired) electrons. The highest BCUT2D eigenvalue weighted by molar-refractivity contribution is 7.10. The van der Waals surface area contributed by atoms with Gasteiger partial charge in [-0.25, -0.2) is 14.2 Å². The quantitative estimate of drug-likeness (QED) is 0.276. The largest absolute Gasteiger partial charge is 0.463 e. The number of ether oxygens (including phenoxy) is 1. The summed E-state index contributed by atoms with van der Waals surface area (Å²) in [6.07, 6.45) is 3.81. The standard InChI is InChI=1S/C30H24FN3O3S2/c1-3-37-29(36)26-18(2)32-30-34(27(26)24-13-8-14-38-24)28(35)25(39-30)15-20-17-33(23-12-7-5-10-21(20)23)16-19-9-4-6-11-22(19)31/h4-15,17,27H,3,16H2,1-2H3/b25-15-/t27-/m0/s1. The van der Waals surface area contributed by atoms with Crippen molar-refractivity contribution in [3.63, 3.8) is 0 Å². The number of carbonyl (C=O) groups is 1. The number of rotatable bonds is 6. The molecule has 3 aromatic heterocycles. The molecule has 5 aromatic rings. The summed E-state index contributed by atoms with van der Waals surface area (Å²) in [4.78, 5) is 32.9. The van der Waals surface area contributed by atoms with E-state index in [1.807, 2.05) is 64.7 Å². The molecule has 0 unspecified atom stereocenters. The lowest BCUT2D eigenvalue weighted by molar-refractivity contribution is -0.139. The van der Waals surface area contributed by atoms with E-state index in [1.165, 1.54) is 28.7 Å². The molecule has 4 heterocycles. The van der Waals surface area contributed by atoms with E-state index >= 15 is 0 Å². The van der Waals surface area contributed by atoms with Crippen LogP contribution in [0.1, 0.15) is 35.9 Å². The third-order valence-corrected chi connectivity index (χ3v) is 8.64. The van der Waals surface area contributed by atoms with Gasteiger partial charge in [0, 0.05) is 33.1 Å². The van der Waals surface area contributed by atoms with E-state index in [0.717, 1.165) is 21.3 Å². The third kappa shape index (κ3) is 4.47. The molecule has 0 spiro atoms. The molecule has 0 N–H and O–H groups in total. The third-order valence-electron chi connectivity index (χ3n) is 6.73. The van der Waals surface area contributed by atoms with Gasteiger partial charge in [0.1, 0.15) is 11.9 Å². The van der Waals surface area contributed by atoms with Crippen LogP contribution in [0.5, 0.6) is 0 Å². The number of aromatic nitrogens is 2. The number of esters is 1. The van der Waals surface area contributed by atoms with Gasteiger partial charge < -0.3 is 9.30 Å². The zero-order chi connectivity index (χ0) is 27.1. The predicted molar refractivity (Wildman–Crippen MR) is 152 cm³/mol. The number of hydrogen-bond acceptors (Lipinski definition) is 6. The van der Waals surface area contributed by atoms with E-state index in [1.54, 1.807) is 30.5 Å². The Morgan fingerprint density at radius 2 is 1.92 bits per heavy atom. The molecule has 2 aromatic carbocycles. The van der Waals surface area contributed by atoms with Gasteiger partial charge in [-0.2, -0.15) is 0 Å². The van der Waals surface area contributed by atoms with Crippen molar-refractivity contribution in [2.45, 2.75) is 26.4 Å². The molecular formula is C30H24FN3O3S2. The van der Waals surface area contributed by atoms with E-state index in [-0.39, 0.29) is 18.0 Å². The van der Waals surface area contributed by atoms with Crippen molar-refractivity contribution in [1.29, 1.82) is 0 Å². The molecule has 1 aliphatic rings. The van der Waals surface area contributed by atoms with Crippen molar-refractivity contribution >= 4 is 45.6 Å². The van der Waals surface area contributed by atoms with E-state index in [4.69, 9.17) is 4.74 Å². The van der Waals surface area contributed by atoms with Crippen LogP contribution in [-0.4, -0.2) is 21.7 Å². The Balaban J connectivity index is 1.51. The zero-order valence-electron chi connectivity index (χ0n) is 21.3. The zero-order valence-corrected chi connectivity index (χ0v) is 22.9. The van der Waals surface area contributed by atoms with Crippen LogP contribution in [0.25, 0.3) is 17.0 Å². The Kier molecular flexibility index (Phi) is 6.62. The second-order valence-corrected chi connectivity index (χ2v) is 11.1. The fraction of sp³-hybridized carbons (Fsp3) is 0.167. The minimum Gasteiger partial charge on any atom is -0.463 e. The van der Waals surface area contributed by atoms with Gasteiger partial charge in [-0.15, -0.1) is 11.3 Å². The number of halogens is 1. The molecule has 1 aliphatic heterocycles. The first-order valence-electron chi connectivity index (χ1n) is 12.5. The molecule has 6 rings (SSSR count). The fourth-order valence-corrected chi connectivity index (χ4v) is 6.84. The predicted octanol–water partition coefficient (Wildman–Crippen LogP) is 5.00. The smallest absolute Gasteiger partial charge is 0.338 e. The first kappa shape index (κ1) is 25.2. The average molecular weight is 558 g/mol. The Morgan fingerprint density at radius 3 is 2.69 bits per heavy atom. The van der Waals surface area contributed by atoms with Gasteiger partial charge in [0.05, 0.1) is 29.0 Å². The van der Waals surface area contributed by atoms with Gasteiger partial charge in [-0.05, 0) is 43.5 Å². The average Bonchev–Trinajstić information content (AvgIpc) is 3.65. The van der Waals surface area contributed by atoms with Crippen LogP contribution in [0.15, 0.2) is 93.3 Å². The van der Waals surface area contributed by atoms with Crippen LogP contribution in [-0.2, 0) is 16.1 Å². The SMILES string of the molecule is CCOC(=O)C1=C(C)N=c2s/c(=C\c3cn(Cc4ccccc4F)c4ccccc34)c(=O)n2[C@H]1c1cccs1. The van der Waals surface area contributed by atoms with Gasteiger partial charge in [0.25, 0.3) is 5.56 Å². The lowest BCUT2D eigenvalue weighted by Crippen LogP contribution is -2.39. The molecule has 0 fully saturated rings. The maximum Gasteiger partial charge on any atom is 0.338 e. The number of benzene rings is 2. The van der Waals surface area contributed by atoms with Crippen LogP contribution in [0, 0.1) is 5.82 Å². The summed E-state index contributed by atoms with van der Waals surface area (Å²) in [5.41, 5.74) is 3.07. The molecule has 0 bridgehead atoms. The maximum atomic E-state index is 14.4. The summed E-state index contributed by atoms with van der Waals surface area (Å²) in [6, 6.07) is 17.8. The van der Waals surface area contributed by atoms with Gasteiger partial charge >= 0.3 is 5.97 Å². The highest BCUT2D eigenvalue weighted by Gasteiger charge is 2.33. The van der Waals surface area contributed by atoms with Crippen molar-refractivity contribution in [2.75, 3.05) is 6.61 Å². The Bertz CT molecular complexity index is 1930. The van der Waals surface area contributed by atoms with Gasteiger partial charge in [0.2, 0.25) is 0 Å². The number of para-hydroxylation sites is 1. The normalized spacial score (nSPS) is 15.5. The van der Waals surface area contributed by atoms with Crippen molar-refractivity contribution in [3.05, 3.63) is 125 Å². The van der Waals surface area contributed by atoms with E-state index in [0.29, 0.717) is 32.7 Å². The topological polar surface area (TPSA) is 65.6 Å². The minimum atomic E-state index is -0.607. The second-order valence-electron chi connectivity index (χ2n) is 9.14. The minimum absolute atomic E-state index is 0.225. The molecule has 6 nitrogen and oxygen atoms in total. The molecule has 0 aliphatic carbocycles. The maximum absolute atomic E-state index is 14.4. The van der Waals surface area contributed by atoms with Gasteiger partial charge in [-0.1, -0.05) is 53.8 Å². The van der Waals surface area contributed by atoms with Crippen molar-refractivity contribution < 1.29 is 13.9 Å². The van der Waals surface area contributed by atoms with Crippen LogP contribution in [0.4, 0.5) is 4.39 Å². The second kappa shape index (κ2) is 10.2. The van der Waals surface area contributed by atoms with Crippen LogP contribution in [0.3, 0.4) is 0 Å². The first-order chi connectivity index (χ1) is 19.0. The number of thiazole rings is 1. The highest BCUT2D eigenvalue weighted by Crippen LogP contribution is 2.33. The number of hydrogen-bond donors (Lipinski definition) is 0. The van der Waals surface area contributed by atoms with Crippen molar-refractivity contribution in [3.8, 4) is 0 Å². The number of carbonyl (C=O) groups excluding carboxylic acids is 1. The summed E-state index contributed by atoms with van der Waals surface area (Å²) in [5.74, 6) is -0.728. The highest BCUT2D eigenvalue weighted by atomic mass is 32.1. The van der Waals surface area contributed by atoms with E-state index < -0.39 is 12.0 Å². The Morgan fingerprint density at radius 1 is 1.13 bits per heavy atom. The molecule has 0 saturated carbocycles. The monoisotopic (exact) mass is 557 g/mol.